The van der Waals surface area contributed by atoms with E-state index in [1.165, 1.54) is 0 Å². The Morgan fingerprint density at radius 1 is 1.12 bits per heavy atom. The third-order valence-corrected chi connectivity index (χ3v) is 6.36. The molecule has 0 radical (unpaired) electrons. The van der Waals surface area contributed by atoms with Crippen molar-refractivity contribution in [2.24, 2.45) is 5.41 Å². The number of carbonyl (C=O) groups excluding carboxylic acids is 1. The Bertz CT molecular complexity index is 1180. The van der Waals surface area contributed by atoms with Gasteiger partial charge in [-0.15, -0.1) is 0 Å². The van der Waals surface area contributed by atoms with E-state index in [2.05, 4.69) is 28.8 Å². The second-order valence-electron chi connectivity index (χ2n) is 9.08. The number of aromatic amines is 1. The van der Waals surface area contributed by atoms with Crippen LogP contribution in [0.2, 0.25) is 5.02 Å². The van der Waals surface area contributed by atoms with E-state index in [9.17, 15) is 9.59 Å². The zero-order valence-corrected chi connectivity index (χ0v) is 20.1. The van der Waals surface area contributed by atoms with Gasteiger partial charge in [0.2, 0.25) is 0 Å². The SMILES string of the molecule is CCC(C)(C)C(=O)CCc1ccc(Cl)c(-c2nc(-c3cccc(C(C)C)c3)nc(=O)[nH]2)c1. The highest BCUT2D eigenvalue weighted by Crippen LogP contribution is 2.29. The van der Waals surface area contributed by atoms with E-state index in [-0.39, 0.29) is 11.2 Å². The van der Waals surface area contributed by atoms with Gasteiger partial charge in [-0.2, -0.15) is 4.98 Å². The zero-order chi connectivity index (χ0) is 23.5. The van der Waals surface area contributed by atoms with Gasteiger partial charge in [0.05, 0.1) is 5.02 Å². The summed E-state index contributed by atoms with van der Waals surface area (Å²) in [5.74, 6) is 1.30. The number of nitrogens with one attached hydrogen (secondary N) is 1. The molecule has 168 valence electrons. The molecule has 1 heterocycles. The number of aryl methyl sites for hydroxylation is 1. The quantitative estimate of drug-likeness (QED) is 0.441. The number of hydrogen-bond acceptors (Lipinski definition) is 4. The Morgan fingerprint density at radius 3 is 2.56 bits per heavy atom. The Morgan fingerprint density at radius 2 is 1.88 bits per heavy atom. The summed E-state index contributed by atoms with van der Waals surface area (Å²) in [6, 6.07) is 13.5. The Hall–Kier alpha value is -2.79. The molecular weight excluding hydrogens is 422 g/mol. The van der Waals surface area contributed by atoms with Gasteiger partial charge < -0.3 is 0 Å². The standard InChI is InChI=1S/C26H30ClN3O2/c1-6-26(4,5)22(31)13-11-17-10-12-21(27)20(14-17)24-28-23(29-25(32)30-24)19-9-7-8-18(15-19)16(2)3/h7-10,12,14-16H,6,11,13H2,1-5H3,(H,28,29,30,32). The zero-order valence-electron chi connectivity index (χ0n) is 19.3. The molecule has 1 aromatic heterocycles. The van der Waals surface area contributed by atoms with Gasteiger partial charge in [-0.1, -0.05) is 70.5 Å². The van der Waals surface area contributed by atoms with Crippen LogP contribution in [0, 0.1) is 5.41 Å². The fourth-order valence-electron chi connectivity index (χ4n) is 3.38. The van der Waals surface area contributed by atoms with Crippen LogP contribution in [0.4, 0.5) is 0 Å². The fourth-order valence-corrected chi connectivity index (χ4v) is 3.59. The van der Waals surface area contributed by atoms with Gasteiger partial charge >= 0.3 is 5.69 Å². The highest BCUT2D eigenvalue weighted by molar-refractivity contribution is 6.33. The maximum absolute atomic E-state index is 12.5. The maximum Gasteiger partial charge on any atom is 0.348 e. The van der Waals surface area contributed by atoms with Crippen LogP contribution in [0.1, 0.15) is 64.5 Å². The van der Waals surface area contributed by atoms with Crippen molar-refractivity contribution in [1.29, 1.82) is 0 Å². The summed E-state index contributed by atoms with van der Waals surface area (Å²) >= 11 is 6.46. The number of benzene rings is 2. The summed E-state index contributed by atoms with van der Waals surface area (Å²) in [4.78, 5) is 36.2. The second kappa shape index (κ2) is 9.78. The summed E-state index contributed by atoms with van der Waals surface area (Å²) in [6.07, 6.45) is 1.86. The maximum atomic E-state index is 12.5. The van der Waals surface area contributed by atoms with Crippen molar-refractivity contribution in [2.75, 3.05) is 0 Å². The van der Waals surface area contributed by atoms with Crippen LogP contribution in [0.5, 0.6) is 0 Å². The molecule has 0 unspecified atom stereocenters. The van der Waals surface area contributed by atoms with E-state index >= 15 is 0 Å². The molecule has 1 N–H and O–H groups in total. The molecule has 32 heavy (non-hydrogen) atoms. The smallest absolute Gasteiger partial charge is 0.299 e. The van der Waals surface area contributed by atoms with Gasteiger partial charge in [0.25, 0.3) is 0 Å². The number of nitrogens with zero attached hydrogens (tertiary/aromatic N) is 2. The molecular formula is C26H30ClN3O2. The first-order chi connectivity index (χ1) is 15.1. The van der Waals surface area contributed by atoms with Gasteiger partial charge in [-0.05, 0) is 48.1 Å². The number of H-pyrrole nitrogens is 1. The third-order valence-electron chi connectivity index (χ3n) is 6.03. The summed E-state index contributed by atoms with van der Waals surface area (Å²) in [5, 5.41) is 0.477. The molecule has 6 heteroatoms. The van der Waals surface area contributed by atoms with Crippen molar-refractivity contribution in [3.05, 3.63) is 69.1 Å². The minimum atomic E-state index is -0.485. The highest BCUT2D eigenvalue weighted by Gasteiger charge is 2.24. The Kier molecular flexibility index (Phi) is 7.29. The Balaban J connectivity index is 1.95. The fraction of sp³-hybridized carbons (Fsp3) is 0.385. The molecule has 0 saturated heterocycles. The van der Waals surface area contributed by atoms with Crippen molar-refractivity contribution >= 4 is 17.4 Å². The average Bonchev–Trinajstić information content (AvgIpc) is 2.77. The number of aromatic nitrogens is 3. The molecule has 0 bridgehead atoms. The van der Waals surface area contributed by atoms with Crippen LogP contribution in [0.25, 0.3) is 22.8 Å². The van der Waals surface area contributed by atoms with Gasteiger partial charge in [0.1, 0.15) is 11.6 Å². The number of carbonyl (C=O) groups is 1. The summed E-state index contributed by atoms with van der Waals surface area (Å²) in [6.45, 7) is 10.2. The van der Waals surface area contributed by atoms with E-state index in [0.717, 1.165) is 23.1 Å². The monoisotopic (exact) mass is 451 g/mol. The van der Waals surface area contributed by atoms with Crippen LogP contribution < -0.4 is 5.69 Å². The normalized spacial score (nSPS) is 11.7. The lowest BCUT2D eigenvalue weighted by atomic mass is 9.83. The Labute approximate surface area is 194 Å². The first-order valence-corrected chi connectivity index (χ1v) is 11.4. The number of halogens is 1. The molecule has 0 fully saturated rings. The molecule has 0 aliphatic heterocycles. The number of rotatable bonds is 8. The minimum absolute atomic E-state index is 0.235. The van der Waals surface area contributed by atoms with Crippen LogP contribution in [-0.4, -0.2) is 20.7 Å². The van der Waals surface area contributed by atoms with Gasteiger partial charge in [-0.3, -0.25) is 9.78 Å². The lowest BCUT2D eigenvalue weighted by Crippen LogP contribution is -2.23. The lowest BCUT2D eigenvalue weighted by molar-refractivity contribution is -0.127. The van der Waals surface area contributed by atoms with Crippen molar-refractivity contribution in [1.82, 2.24) is 15.0 Å². The summed E-state index contributed by atoms with van der Waals surface area (Å²) < 4.78 is 0. The van der Waals surface area contributed by atoms with Crippen molar-refractivity contribution in [3.63, 3.8) is 0 Å². The summed E-state index contributed by atoms with van der Waals surface area (Å²) in [5.41, 5.74) is 2.70. The van der Waals surface area contributed by atoms with Gasteiger partial charge in [0, 0.05) is 23.0 Å². The van der Waals surface area contributed by atoms with Gasteiger partial charge in [-0.25, -0.2) is 9.78 Å². The van der Waals surface area contributed by atoms with Crippen LogP contribution >= 0.6 is 11.6 Å². The van der Waals surface area contributed by atoms with E-state index in [0.29, 0.717) is 41.0 Å². The molecule has 0 spiro atoms. The third kappa shape index (κ3) is 5.52. The molecule has 0 aliphatic rings. The molecule has 3 aromatic rings. The average molecular weight is 452 g/mol. The van der Waals surface area contributed by atoms with E-state index < -0.39 is 5.69 Å². The number of hydrogen-bond donors (Lipinski definition) is 1. The van der Waals surface area contributed by atoms with Crippen molar-refractivity contribution in [3.8, 4) is 22.8 Å². The van der Waals surface area contributed by atoms with E-state index in [1.807, 2.05) is 57.2 Å². The molecule has 3 rings (SSSR count). The number of ketones is 1. The molecule has 0 amide bonds. The lowest BCUT2D eigenvalue weighted by Gasteiger charge is -2.20. The molecule has 0 aliphatic carbocycles. The minimum Gasteiger partial charge on any atom is -0.299 e. The molecule has 0 saturated carbocycles. The van der Waals surface area contributed by atoms with Crippen LogP contribution in [0.15, 0.2) is 47.3 Å². The predicted octanol–water partition coefficient (Wildman–Crippen LogP) is 6.21. The first kappa shape index (κ1) is 23.9. The van der Waals surface area contributed by atoms with Crippen molar-refractivity contribution < 1.29 is 4.79 Å². The van der Waals surface area contributed by atoms with Crippen LogP contribution in [0.3, 0.4) is 0 Å². The second-order valence-corrected chi connectivity index (χ2v) is 9.49. The molecule has 0 atom stereocenters. The molecule has 5 nitrogen and oxygen atoms in total. The van der Waals surface area contributed by atoms with Crippen LogP contribution in [-0.2, 0) is 11.2 Å². The van der Waals surface area contributed by atoms with E-state index in [4.69, 9.17) is 11.6 Å². The summed E-state index contributed by atoms with van der Waals surface area (Å²) in [7, 11) is 0. The topological polar surface area (TPSA) is 75.7 Å². The largest absolute Gasteiger partial charge is 0.348 e. The highest BCUT2D eigenvalue weighted by atomic mass is 35.5. The van der Waals surface area contributed by atoms with Crippen molar-refractivity contribution in [2.45, 2.75) is 59.8 Å². The van der Waals surface area contributed by atoms with E-state index in [1.54, 1.807) is 6.07 Å². The number of Topliss-reactive ketones (excluding diaryl/α,β-unsaturated/α-hetero) is 1. The molecule has 2 aromatic carbocycles. The van der Waals surface area contributed by atoms with Gasteiger partial charge in [0.15, 0.2) is 5.82 Å². The predicted molar refractivity (Wildman–Crippen MR) is 130 cm³/mol. The first-order valence-electron chi connectivity index (χ1n) is 11.0.